The molecule has 27 heavy (non-hydrogen) atoms. The molecule has 3 rings (SSSR count). The molecule has 0 radical (unpaired) electrons. The van der Waals surface area contributed by atoms with Crippen LogP contribution in [0.15, 0.2) is 48.8 Å². The summed E-state index contributed by atoms with van der Waals surface area (Å²) in [6, 6.07) is 9.52. The number of benzene rings is 1. The van der Waals surface area contributed by atoms with Gasteiger partial charge in [0.2, 0.25) is 11.7 Å². The maximum Gasteiger partial charge on any atom is 0.295 e. The molecule has 1 fully saturated rings. The number of aromatic nitrogens is 1. The number of para-hydroxylation sites is 1. The maximum absolute atomic E-state index is 11.6. The lowest BCUT2D eigenvalue weighted by Gasteiger charge is -2.40. The first-order valence-electron chi connectivity index (χ1n) is 7.73. The molecule has 146 valence electrons. The number of pyridine rings is 1. The Hall–Kier alpha value is -1.95. The summed E-state index contributed by atoms with van der Waals surface area (Å²) < 4.78 is 48.6. The first-order chi connectivity index (χ1) is 12.8. The number of hydrogen-bond donors (Lipinski definition) is 3. The van der Waals surface area contributed by atoms with Crippen LogP contribution >= 0.6 is 11.6 Å². The van der Waals surface area contributed by atoms with E-state index < -0.39 is 40.2 Å². The van der Waals surface area contributed by atoms with Crippen LogP contribution in [0, 0.1) is 0 Å². The van der Waals surface area contributed by atoms with E-state index in [1.807, 2.05) is 0 Å². The number of halogens is 1. The third-order valence-corrected chi connectivity index (χ3v) is 5.05. The van der Waals surface area contributed by atoms with Crippen molar-refractivity contribution >= 4 is 21.7 Å². The minimum absolute atomic E-state index is 0.0456. The summed E-state index contributed by atoms with van der Waals surface area (Å²) in [5.74, 6) is 0.317. The average Bonchev–Trinajstić information content (AvgIpc) is 2.62. The molecule has 0 spiro atoms. The van der Waals surface area contributed by atoms with Crippen molar-refractivity contribution in [3.8, 4) is 11.5 Å². The highest BCUT2D eigenvalue weighted by atomic mass is 35.5. The van der Waals surface area contributed by atoms with Crippen molar-refractivity contribution in [2.45, 2.75) is 30.0 Å². The van der Waals surface area contributed by atoms with E-state index in [1.54, 1.807) is 30.3 Å². The lowest BCUT2D eigenvalue weighted by Crippen LogP contribution is -2.62. The van der Waals surface area contributed by atoms with Gasteiger partial charge in [-0.1, -0.05) is 29.8 Å². The molecular formula is C16H16ClNO8S. The second-order valence-corrected chi connectivity index (χ2v) is 7.59. The topological polar surface area (TPSA) is 135 Å². The highest BCUT2D eigenvalue weighted by Gasteiger charge is 2.52. The number of aliphatic hydroxyl groups is 2. The number of hydrogen-bond acceptors (Lipinski definition) is 8. The summed E-state index contributed by atoms with van der Waals surface area (Å²) in [7, 11) is -4.85. The van der Waals surface area contributed by atoms with Crippen molar-refractivity contribution in [2.75, 3.05) is 0 Å². The van der Waals surface area contributed by atoms with Crippen molar-refractivity contribution in [1.29, 1.82) is 0 Å². The molecule has 0 saturated carbocycles. The van der Waals surface area contributed by atoms with E-state index in [4.69, 9.17) is 25.8 Å². The SMILES string of the molecule is O=S(=O)(O)C1O[C@@H](Oc2ccccc2)[C@H](O)[C@@H](Oc2ccncc2Cl)[C@@H]1O. The van der Waals surface area contributed by atoms with Gasteiger partial charge in [0.1, 0.15) is 22.6 Å². The van der Waals surface area contributed by atoms with Gasteiger partial charge in [-0.05, 0) is 12.1 Å². The first kappa shape index (κ1) is 19.8. The monoisotopic (exact) mass is 417 g/mol. The highest BCUT2D eigenvalue weighted by Crippen LogP contribution is 2.31. The summed E-state index contributed by atoms with van der Waals surface area (Å²) in [6.45, 7) is 0. The number of ether oxygens (including phenoxy) is 3. The Labute approximate surface area is 159 Å². The van der Waals surface area contributed by atoms with Gasteiger partial charge in [0.05, 0.1) is 0 Å². The third kappa shape index (κ3) is 4.49. The van der Waals surface area contributed by atoms with Gasteiger partial charge in [-0.25, -0.2) is 0 Å². The van der Waals surface area contributed by atoms with Crippen LogP contribution in [0.25, 0.3) is 0 Å². The van der Waals surface area contributed by atoms with E-state index in [0.717, 1.165) is 0 Å². The summed E-state index contributed by atoms with van der Waals surface area (Å²) in [4.78, 5) is 3.78. The molecule has 1 aromatic carbocycles. The molecule has 9 nitrogen and oxygen atoms in total. The van der Waals surface area contributed by atoms with Gasteiger partial charge in [0, 0.05) is 18.5 Å². The van der Waals surface area contributed by atoms with Crippen molar-refractivity contribution in [3.05, 3.63) is 53.8 Å². The maximum atomic E-state index is 11.6. The molecule has 2 heterocycles. The lowest BCUT2D eigenvalue weighted by atomic mass is 10.0. The minimum atomic E-state index is -4.85. The van der Waals surface area contributed by atoms with Gasteiger partial charge in [-0.2, -0.15) is 8.42 Å². The Bertz CT molecular complexity index is 881. The molecule has 1 aliphatic heterocycles. The molecule has 1 aromatic heterocycles. The fourth-order valence-corrected chi connectivity index (χ4v) is 3.45. The van der Waals surface area contributed by atoms with Crippen LogP contribution in [0.4, 0.5) is 0 Å². The summed E-state index contributed by atoms with van der Waals surface area (Å²) in [6.07, 6.45) is -3.98. The first-order valence-corrected chi connectivity index (χ1v) is 9.61. The molecule has 0 amide bonds. The molecule has 0 aliphatic carbocycles. The van der Waals surface area contributed by atoms with Crippen molar-refractivity contribution < 1.29 is 37.4 Å². The quantitative estimate of drug-likeness (QED) is 0.605. The minimum Gasteiger partial charge on any atom is -0.483 e. The van der Waals surface area contributed by atoms with Gasteiger partial charge < -0.3 is 24.4 Å². The smallest absolute Gasteiger partial charge is 0.295 e. The molecule has 5 atom stereocenters. The molecule has 11 heteroatoms. The molecule has 1 saturated heterocycles. The number of nitrogens with zero attached hydrogens (tertiary/aromatic N) is 1. The van der Waals surface area contributed by atoms with Crippen LogP contribution in [0.2, 0.25) is 5.02 Å². The van der Waals surface area contributed by atoms with Crippen LogP contribution in [-0.2, 0) is 14.9 Å². The largest absolute Gasteiger partial charge is 0.483 e. The highest BCUT2D eigenvalue weighted by molar-refractivity contribution is 7.86. The van der Waals surface area contributed by atoms with Crippen molar-refractivity contribution in [3.63, 3.8) is 0 Å². The summed E-state index contributed by atoms with van der Waals surface area (Å²) >= 11 is 5.95. The van der Waals surface area contributed by atoms with Crippen LogP contribution in [0.5, 0.6) is 11.5 Å². The van der Waals surface area contributed by atoms with Crippen LogP contribution in [0.3, 0.4) is 0 Å². The fraction of sp³-hybridized carbons (Fsp3) is 0.312. The Morgan fingerprint density at radius 1 is 1.07 bits per heavy atom. The predicted molar refractivity (Wildman–Crippen MR) is 93.0 cm³/mol. The summed E-state index contributed by atoms with van der Waals surface area (Å²) in [5.41, 5.74) is -2.10. The van der Waals surface area contributed by atoms with Gasteiger partial charge in [0.15, 0.2) is 12.2 Å². The molecule has 1 aliphatic rings. The van der Waals surface area contributed by atoms with E-state index in [1.165, 1.54) is 18.5 Å². The zero-order chi connectivity index (χ0) is 19.6. The van der Waals surface area contributed by atoms with Crippen LogP contribution < -0.4 is 9.47 Å². The van der Waals surface area contributed by atoms with Crippen LogP contribution in [-0.4, -0.2) is 58.2 Å². The predicted octanol–water partition coefficient (Wildman–Crippen LogP) is 0.853. The van der Waals surface area contributed by atoms with E-state index >= 15 is 0 Å². The molecular weight excluding hydrogens is 402 g/mol. The van der Waals surface area contributed by atoms with Crippen molar-refractivity contribution in [1.82, 2.24) is 4.98 Å². The van der Waals surface area contributed by atoms with E-state index in [-0.39, 0.29) is 16.5 Å². The van der Waals surface area contributed by atoms with E-state index in [2.05, 4.69) is 4.98 Å². The third-order valence-electron chi connectivity index (χ3n) is 3.79. The molecule has 3 N–H and O–H groups in total. The fourth-order valence-electron chi connectivity index (χ4n) is 2.53. The molecule has 2 aromatic rings. The van der Waals surface area contributed by atoms with Gasteiger partial charge >= 0.3 is 0 Å². The van der Waals surface area contributed by atoms with Gasteiger partial charge in [-0.3, -0.25) is 9.54 Å². The number of aliphatic hydroxyl groups excluding tert-OH is 2. The van der Waals surface area contributed by atoms with Gasteiger partial charge in [0.25, 0.3) is 10.1 Å². The van der Waals surface area contributed by atoms with Crippen LogP contribution in [0.1, 0.15) is 0 Å². The Morgan fingerprint density at radius 2 is 1.78 bits per heavy atom. The summed E-state index contributed by atoms with van der Waals surface area (Å²) in [5, 5.41) is 20.9. The average molecular weight is 418 g/mol. The van der Waals surface area contributed by atoms with E-state index in [9.17, 15) is 23.2 Å². The second kappa shape index (κ2) is 7.97. The Morgan fingerprint density at radius 3 is 2.41 bits per heavy atom. The second-order valence-electron chi connectivity index (χ2n) is 5.69. The normalized spacial score (nSPS) is 28.5. The number of rotatable bonds is 5. The van der Waals surface area contributed by atoms with E-state index in [0.29, 0.717) is 0 Å². The molecule has 0 bridgehead atoms. The Balaban J connectivity index is 1.90. The Kier molecular flexibility index (Phi) is 5.84. The lowest BCUT2D eigenvalue weighted by molar-refractivity contribution is -0.248. The standard InChI is InChI=1S/C16H16ClNO8S/c17-10-8-18-7-6-11(10)25-14-12(19)15(24-9-4-2-1-3-5-9)26-16(13(14)20)27(21,22)23/h1-8,12-16,19-20H,(H,21,22,23)/t12-,13+,14-,15-,16?/m1/s1. The van der Waals surface area contributed by atoms with Crippen molar-refractivity contribution in [2.24, 2.45) is 0 Å². The van der Waals surface area contributed by atoms with Gasteiger partial charge in [-0.15, -0.1) is 0 Å². The zero-order valence-corrected chi connectivity index (χ0v) is 15.2. The zero-order valence-electron chi connectivity index (χ0n) is 13.6. The molecule has 1 unspecified atom stereocenters.